The van der Waals surface area contributed by atoms with Gasteiger partial charge in [0.15, 0.2) is 0 Å². The molecule has 0 atom stereocenters. The second-order valence-electron chi connectivity index (χ2n) is 3.75. The van der Waals surface area contributed by atoms with Crippen molar-refractivity contribution >= 4 is 28.7 Å². The van der Waals surface area contributed by atoms with Crippen molar-refractivity contribution < 1.29 is 118 Å². The summed E-state index contributed by atoms with van der Waals surface area (Å²) in [4.78, 5) is 33.0. The van der Waals surface area contributed by atoms with E-state index in [0.29, 0.717) is 0 Å². The number of fused-ring (bicyclic) bond motifs is 1. The van der Waals surface area contributed by atoms with E-state index in [0.717, 1.165) is 12.1 Å². The van der Waals surface area contributed by atoms with Crippen LogP contribution in [-0.4, -0.2) is 17.9 Å². The van der Waals surface area contributed by atoms with Crippen LogP contribution in [0.4, 0.5) is 0 Å². The van der Waals surface area contributed by atoms with Crippen molar-refractivity contribution in [2.24, 2.45) is 0 Å². The second-order valence-corrected chi connectivity index (χ2v) is 3.75. The number of carboxylic acid groups (broad SMARTS) is 3. The van der Waals surface area contributed by atoms with Crippen molar-refractivity contribution in [2.45, 2.75) is 0 Å². The Morgan fingerprint density at radius 3 is 1.68 bits per heavy atom. The van der Waals surface area contributed by atoms with E-state index in [1.165, 1.54) is 18.2 Å². The Hall–Kier alpha value is 0.110. The first-order valence-electron chi connectivity index (χ1n) is 5.13. The van der Waals surface area contributed by atoms with Gasteiger partial charge >= 0.3 is 88.7 Å². The molecule has 0 aromatic heterocycles. The van der Waals surface area contributed by atoms with Gasteiger partial charge in [-0.1, -0.05) is 30.3 Å². The maximum absolute atomic E-state index is 11.1. The molecule has 0 aliphatic rings. The fourth-order valence-electron chi connectivity index (χ4n) is 1.93. The van der Waals surface area contributed by atoms with E-state index in [1.807, 2.05) is 0 Å². The molecule has 2 aromatic rings. The van der Waals surface area contributed by atoms with Crippen LogP contribution in [0.25, 0.3) is 10.8 Å². The third-order valence-electron chi connectivity index (χ3n) is 2.69. The Kier molecular flexibility index (Phi) is 11.2. The molecule has 6 nitrogen and oxygen atoms in total. The van der Waals surface area contributed by atoms with Gasteiger partial charge in [-0.2, -0.15) is 0 Å². The number of carboxylic acids is 3. The number of hydrogen-bond acceptors (Lipinski definition) is 6. The molecular weight excluding hydrogens is 321 g/mol. The van der Waals surface area contributed by atoms with Gasteiger partial charge in [0, 0.05) is 22.1 Å². The van der Waals surface area contributed by atoms with E-state index >= 15 is 0 Å². The van der Waals surface area contributed by atoms with E-state index in [2.05, 4.69) is 0 Å². The van der Waals surface area contributed by atoms with Crippen LogP contribution in [0.5, 0.6) is 0 Å². The molecule has 0 unspecified atom stereocenters. The minimum atomic E-state index is -1.79. The van der Waals surface area contributed by atoms with Crippen LogP contribution in [0.2, 0.25) is 0 Å². The first-order valence-corrected chi connectivity index (χ1v) is 5.13. The number of hydrogen-bond donors (Lipinski definition) is 0. The standard InChI is InChI=1S/C13H8O6.3Na/c14-11(15)7-3-1-2-6-4-5-8(12(16)17)10(9(6)7)13(18)19;;;/h1-5H,(H,14,15)(H,16,17)(H,18,19);;;/q;3*+1/p-3. The van der Waals surface area contributed by atoms with E-state index in [-0.39, 0.29) is 99.4 Å². The number of carbonyl (C=O) groups is 3. The van der Waals surface area contributed by atoms with Crippen LogP contribution in [0.1, 0.15) is 31.1 Å². The maximum atomic E-state index is 11.1. The van der Waals surface area contributed by atoms with Crippen molar-refractivity contribution in [2.75, 3.05) is 0 Å². The summed E-state index contributed by atoms with van der Waals surface area (Å²) >= 11 is 0. The first kappa shape index (κ1) is 24.4. The van der Waals surface area contributed by atoms with Gasteiger partial charge < -0.3 is 29.7 Å². The van der Waals surface area contributed by atoms with E-state index < -0.39 is 34.6 Å². The topological polar surface area (TPSA) is 120 Å². The molecule has 0 saturated carbocycles. The SMILES string of the molecule is O=C([O-])c1ccc2cccc(C(=O)[O-])c2c1C(=O)[O-].[Na+].[Na+].[Na+]. The van der Waals surface area contributed by atoms with E-state index in [9.17, 15) is 29.7 Å². The molecule has 0 aliphatic heterocycles. The van der Waals surface area contributed by atoms with Crippen LogP contribution in [-0.2, 0) is 0 Å². The zero-order valence-corrected chi connectivity index (χ0v) is 18.3. The maximum Gasteiger partial charge on any atom is 1.00 e. The minimum absolute atomic E-state index is 0. The van der Waals surface area contributed by atoms with Gasteiger partial charge in [-0.05, 0) is 5.39 Å². The Morgan fingerprint density at radius 1 is 0.682 bits per heavy atom. The monoisotopic (exact) mass is 326 g/mol. The fraction of sp³-hybridized carbons (Fsp3) is 0. The fourth-order valence-corrected chi connectivity index (χ4v) is 1.93. The molecule has 0 saturated heterocycles. The summed E-state index contributed by atoms with van der Waals surface area (Å²) in [6.07, 6.45) is 0. The first-order chi connectivity index (χ1) is 8.93. The quantitative estimate of drug-likeness (QED) is 0.517. The van der Waals surface area contributed by atoms with Gasteiger partial charge in [0.2, 0.25) is 0 Å². The van der Waals surface area contributed by atoms with Crippen LogP contribution in [0, 0.1) is 0 Å². The van der Waals surface area contributed by atoms with Crippen molar-refractivity contribution in [3.63, 3.8) is 0 Å². The largest absolute Gasteiger partial charge is 1.00 e. The van der Waals surface area contributed by atoms with Crippen LogP contribution >= 0.6 is 0 Å². The summed E-state index contributed by atoms with van der Waals surface area (Å²) in [5, 5.41) is 33.0. The number of rotatable bonds is 3. The average Bonchev–Trinajstić information content (AvgIpc) is 2.35. The van der Waals surface area contributed by atoms with Crippen molar-refractivity contribution in [1.82, 2.24) is 0 Å². The molecule has 0 bridgehead atoms. The summed E-state index contributed by atoms with van der Waals surface area (Å²) in [5.41, 5.74) is -1.78. The molecule has 0 fully saturated rings. The van der Waals surface area contributed by atoms with Crippen molar-refractivity contribution in [3.05, 3.63) is 47.0 Å². The Labute approximate surface area is 191 Å². The molecule has 0 aliphatic carbocycles. The normalized spacial score (nSPS) is 8.91. The molecule has 2 rings (SSSR count). The van der Waals surface area contributed by atoms with Crippen molar-refractivity contribution in [1.29, 1.82) is 0 Å². The molecule has 0 amide bonds. The van der Waals surface area contributed by atoms with Crippen molar-refractivity contribution in [3.8, 4) is 0 Å². The Bertz CT molecular complexity index is 729. The second kappa shape index (κ2) is 10.1. The Morgan fingerprint density at radius 2 is 1.23 bits per heavy atom. The molecule has 0 N–H and O–H groups in total. The van der Waals surface area contributed by atoms with Crippen LogP contribution < -0.4 is 104 Å². The summed E-state index contributed by atoms with van der Waals surface area (Å²) in [5.74, 6) is -5.13. The van der Waals surface area contributed by atoms with Crippen LogP contribution in [0.3, 0.4) is 0 Å². The van der Waals surface area contributed by atoms with Gasteiger partial charge in [0.25, 0.3) is 0 Å². The molecule has 22 heavy (non-hydrogen) atoms. The smallest absolute Gasteiger partial charge is 0.545 e. The zero-order chi connectivity index (χ0) is 14.2. The molecule has 0 heterocycles. The number of aromatic carboxylic acids is 3. The van der Waals surface area contributed by atoms with Gasteiger partial charge in [-0.15, -0.1) is 0 Å². The summed E-state index contributed by atoms with van der Waals surface area (Å²) < 4.78 is 0. The van der Waals surface area contributed by atoms with E-state index in [1.54, 1.807) is 0 Å². The number of carbonyl (C=O) groups excluding carboxylic acids is 3. The molecule has 9 heteroatoms. The average molecular weight is 326 g/mol. The molecule has 0 radical (unpaired) electrons. The van der Waals surface area contributed by atoms with Gasteiger partial charge in [0.1, 0.15) is 0 Å². The van der Waals surface area contributed by atoms with Gasteiger partial charge in [-0.25, -0.2) is 0 Å². The molecule has 2 aromatic carbocycles. The minimum Gasteiger partial charge on any atom is -0.545 e. The third kappa shape index (κ3) is 4.80. The predicted molar refractivity (Wildman–Crippen MR) is 56.9 cm³/mol. The zero-order valence-electron chi connectivity index (χ0n) is 12.3. The summed E-state index contributed by atoms with van der Waals surface area (Å²) in [6, 6.07) is 6.29. The number of benzene rings is 2. The van der Waals surface area contributed by atoms with E-state index in [4.69, 9.17) is 0 Å². The predicted octanol–water partition coefficient (Wildman–Crippen LogP) is -11.1. The van der Waals surface area contributed by atoms with Gasteiger partial charge in [-0.3, -0.25) is 0 Å². The van der Waals surface area contributed by atoms with Gasteiger partial charge in [0.05, 0.1) is 17.9 Å². The Balaban J connectivity index is 0. The molecular formula is C13H5Na3O6. The van der Waals surface area contributed by atoms with Crippen LogP contribution in [0.15, 0.2) is 30.3 Å². The third-order valence-corrected chi connectivity index (χ3v) is 2.69. The molecule has 96 valence electrons. The summed E-state index contributed by atoms with van der Waals surface area (Å²) in [7, 11) is 0. The molecule has 0 spiro atoms. The summed E-state index contributed by atoms with van der Waals surface area (Å²) in [6.45, 7) is 0.